The lowest BCUT2D eigenvalue weighted by Gasteiger charge is -2.22. The van der Waals surface area contributed by atoms with Crippen LogP contribution in [0, 0.1) is 6.92 Å². The molecule has 1 unspecified atom stereocenters. The fraction of sp³-hybridized carbons (Fsp3) is 0.280. The maximum atomic E-state index is 12.8. The summed E-state index contributed by atoms with van der Waals surface area (Å²) >= 11 is 1.21. The normalized spacial score (nSPS) is 12.1. The Balaban J connectivity index is 1.59. The van der Waals surface area contributed by atoms with E-state index >= 15 is 0 Å². The van der Waals surface area contributed by atoms with Crippen molar-refractivity contribution in [2.45, 2.75) is 32.9 Å². The smallest absolute Gasteiger partial charge is 0.350 e. The molecule has 8 nitrogen and oxygen atoms in total. The molecule has 0 saturated heterocycles. The summed E-state index contributed by atoms with van der Waals surface area (Å²) in [7, 11) is 3.31. The molecular formula is C25H26N4O4S. The number of nitrogens with zero attached hydrogens (tertiary/aromatic N) is 3. The fourth-order valence-corrected chi connectivity index (χ4v) is 4.75. The van der Waals surface area contributed by atoms with Crippen molar-refractivity contribution in [2.75, 3.05) is 19.5 Å². The number of aryl methyl sites for hydroxylation is 1. The molecule has 1 aromatic carbocycles. The predicted molar refractivity (Wildman–Crippen MR) is 131 cm³/mol. The standard InChI is InChI=1S/C25H26N4O4S/c1-15-7-5-6-8-17(15)13-21(30)27-22-19-10-9-18(26-24(19)34-23(22)25(31)32-4)14-29(3)16(2)20-11-12-33-28-20/h5-12,16H,13-14H2,1-4H3,(H,27,30). The Morgan fingerprint density at radius 3 is 2.71 bits per heavy atom. The number of benzene rings is 1. The SMILES string of the molecule is COC(=O)c1sc2nc(CN(C)C(C)c3ccon3)ccc2c1NC(=O)Cc1ccccc1C. The summed E-state index contributed by atoms with van der Waals surface area (Å²) < 4.78 is 9.91. The molecule has 4 aromatic rings. The van der Waals surface area contributed by atoms with Gasteiger partial charge >= 0.3 is 5.97 Å². The van der Waals surface area contributed by atoms with Crippen LogP contribution in [0.25, 0.3) is 10.2 Å². The van der Waals surface area contributed by atoms with Crippen molar-refractivity contribution in [3.63, 3.8) is 0 Å². The van der Waals surface area contributed by atoms with E-state index in [-0.39, 0.29) is 18.4 Å². The second-order valence-corrected chi connectivity index (χ2v) is 9.12. The minimum absolute atomic E-state index is 0.0431. The Hall–Kier alpha value is -3.56. The van der Waals surface area contributed by atoms with E-state index in [0.29, 0.717) is 27.3 Å². The molecule has 0 radical (unpaired) electrons. The summed E-state index contributed by atoms with van der Waals surface area (Å²) in [5.74, 6) is -0.711. The lowest BCUT2D eigenvalue weighted by atomic mass is 10.1. The van der Waals surface area contributed by atoms with Crippen LogP contribution in [-0.2, 0) is 22.5 Å². The van der Waals surface area contributed by atoms with Gasteiger partial charge in [0.05, 0.1) is 31.0 Å². The van der Waals surface area contributed by atoms with Crippen LogP contribution in [-0.4, -0.2) is 41.1 Å². The third-order valence-corrected chi connectivity index (χ3v) is 6.90. The van der Waals surface area contributed by atoms with Crippen LogP contribution in [0.2, 0.25) is 0 Å². The van der Waals surface area contributed by atoms with Crippen molar-refractivity contribution >= 4 is 39.1 Å². The highest BCUT2D eigenvalue weighted by Gasteiger charge is 2.23. The lowest BCUT2D eigenvalue weighted by molar-refractivity contribution is -0.115. The molecule has 9 heteroatoms. The average Bonchev–Trinajstić information content (AvgIpc) is 3.48. The zero-order chi connectivity index (χ0) is 24.2. The first kappa shape index (κ1) is 23.6. The second-order valence-electron chi connectivity index (χ2n) is 8.12. The zero-order valence-electron chi connectivity index (χ0n) is 19.5. The van der Waals surface area contributed by atoms with Gasteiger partial charge in [0.2, 0.25) is 5.91 Å². The van der Waals surface area contributed by atoms with Gasteiger partial charge in [0.1, 0.15) is 21.7 Å². The van der Waals surface area contributed by atoms with Gasteiger partial charge in [-0.1, -0.05) is 29.4 Å². The molecule has 0 aliphatic heterocycles. The number of hydrogen-bond acceptors (Lipinski definition) is 8. The van der Waals surface area contributed by atoms with Gasteiger partial charge < -0.3 is 14.6 Å². The first-order chi connectivity index (χ1) is 16.4. The van der Waals surface area contributed by atoms with Gasteiger partial charge in [0.25, 0.3) is 0 Å². The molecule has 0 fully saturated rings. The van der Waals surface area contributed by atoms with Gasteiger partial charge in [0.15, 0.2) is 0 Å². The van der Waals surface area contributed by atoms with Crippen LogP contribution in [0.3, 0.4) is 0 Å². The molecule has 176 valence electrons. The second kappa shape index (κ2) is 10.1. The number of thiophene rings is 1. The van der Waals surface area contributed by atoms with Gasteiger partial charge in [-0.25, -0.2) is 9.78 Å². The summed E-state index contributed by atoms with van der Waals surface area (Å²) in [5, 5.41) is 7.64. The highest BCUT2D eigenvalue weighted by atomic mass is 32.1. The topological polar surface area (TPSA) is 97.6 Å². The fourth-order valence-electron chi connectivity index (χ4n) is 3.69. The minimum Gasteiger partial charge on any atom is -0.465 e. The van der Waals surface area contributed by atoms with Crippen LogP contribution in [0.4, 0.5) is 5.69 Å². The summed E-state index contributed by atoms with van der Waals surface area (Å²) in [6.45, 7) is 4.58. The van der Waals surface area contributed by atoms with E-state index in [0.717, 1.165) is 22.5 Å². The van der Waals surface area contributed by atoms with E-state index in [1.807, 2.05) is 63.4 Å². The molecule has 4 rings (SSSR count). The van der Waals surface area contributed by atoms with Crippen molar-refractivity contribution < 1.29 is 18.8 Å². The number of aromatic nitrogens is 2. The zero-order valence-corrected chi connectivity index (χ0v) is 20.3. The lowest BCUT2D eigenvalue weighted by Crippen LogP contribution is -2.22. The number of rotatable bonds is 8. The van der Waals surface area contributed by atoms with Crippen LogP contribution in [0.1, 0.15) is 45.2 Å². The molecule has 0 saturated carbocycles. The van der Waals surface area contributed by atoms with Gasteiger partial charge in [-0.05, 0) is 44.2 Å². The number of fused-ring (bicyclic) bond motifs is 1. The van der Waals surface area contributed by atoms with Gasteiger partial charge in [0, 0.05) is 18.0 Å². The number of amides is 1. The van der Waals surface area contributed by atoms with E-state index in [9.17, 15) is 9.59 Å². The molecular weight excluding hydrogens is 452 g/mol. The van der Waals surface area contributed by atoms with Crippen molar-refractivity contribution in [3.8, 4) is 0 Å². The first-order valence-corrected chi connectivity index (χ1v) is 11.6. The molecule has 34 heavy (non-hydrogen) atoms. The quantitative estimate of drug-likeness (QED) is 0.365. The number of pyridine rings is 1. The van der Waals surface area contributed by atoms with Crippen LogP contribution in [0.5, 0.6) is 0 Å². The Bertz CT molecular complexity index is 1320. The third-order valence-electron chi connectivity index (χ3n) is 5.82. The average molecular weight is 479 g/mol. The summed E-state index contributed by atoms with van der Waals surface area (Å²) in [6, 6.07) is 13.4. The van der Waals surface area contributed by atoms with E-state index in [4.69, 9.17) is 14.2 Å². The van der Waals surface area contributed by atoms with Crippen molar-refractivity contribution in [2.24, 2.45) is 0 Å². The Kier molecular flexibility index (Phi) is 7.04. The number of carbonyl (C=O) groups excluding carboxylic acids is 2. The van der Waals surface area contributed by atoms with Crippen LogP contribution in [0.15, 0.2) is 53.3 Å². The highest BCUT2D eigenvalue weighted by molar-refractivity contribution is 7.21. The predicted octanol–water partition coefficient (Wildman–Crippen LogP) is 4.75. The maximum absolute atomic E-state index is 12.8. The molecule has 0 bridgehead atoms. The van der Waals surface area contributed by atoms with Gasteiger partial charge in [-0.2, -0.15) is 0 Å². The van der Waals surface area contributed by atoms with E-state index in [2.05, 4.69) is 15.4 Å². The summed E-state index contributed by atoms with van der Waals surface area (Å²) in [5.41, 5.74) is 4.08. The number of hydrogen-bond donors (Lipinski definition) is 1. The Morgan fingerprint density at radius 2 is 2.00 bits per heavy atom. The number of carbonyl (C=O) groups is 2. The van der Waals surface area contributed by atoms with E-state index in [1.165, 1.54) is 18.4 Å². The van der Waals surface area contributed by atoms with Crippen molar-refractivity contribution in [3.05, 3.63) is 76.1 Å². The van der Waals surface area contributed by atoms with E-state index in [1.54, 1.807) is 6.26 Å². The molecule has 0 aliphatic carbocycles. The van der Waals surface area contributed by atoms with Crippen molar-refractivity contribution in [1.82, 2.24) is 15.0 Å². The van der Waals surface area contributed by atoms with Gasteiger partial charge in [-0.15, -0.1) is 11.3 Å². The molecule has 1 amide bonds. The number of esters is 1. The monoisotopic (exact) mass is 478 g/mol. The Labute approximate surface area is 201 Å². The third kappa shape index (κ3) is 5.00. The summed E-state index contributed by atoms with van der Waals surface area (Å²) in [4.78, 5) is 33.1. The molecule has 3 heterocycles. The van der Waals surface area contributed by atoms with Crippen LogP contribution >= 0.6 is 11.3 Å². The Morgan fingerprint density at radius 1 is 1.21 bits per heavy atom. The summed E-state index contributed by atoms with van der Waals surface area (Å²) in [6.07, 6.45) is 1.76. The number of methoxy groups -OCH3 is 1. The molecule has 1 atom stereocenters. The number of anilines is 1. The first-order valence-electron chi connectivity index (χ1n) is 10.8. The molecule has 1 N–H and O–H groups in total. The van der Waals surface area contributed by atoms with E-state index < -0.39 is 5.97 Å². The number of nitrogens with one attached hydrogen (secondary N) is 1. The van der Waals surface area contributed by atoms with Gasteiger partial charge in [-0.3, -0.25) is 9.69 Å². The molecule has 3 aromatic heterocycles. The largest absolute Gasteiger partial charge is 0.465 e. The number of ether oxygens (including phenoxy) is 1. The highest BCUT2D eigenvalue weighted by Crippen LogP contribution is 2.36. The molecule has 0 spiro atoms. The molecule has 0 aliphatic rings. The maximum Gasteiger partial charge on any atom is 0.350 e. The van der Waals surface area contributed by atoms with Crippen LogP contribution < -0.4 is 5.32 Å². The van der Waals surface area contributed by atoms with Crippen molar-refractivity contribution in [1.29, 1.82) is 0 Å². The minimum atomic E-state index is -0.507.